The van der Waals surface area contributed by atoms with Crippen molar-refractivity contribution in [2.24, 2.45) is 0 Å². The summed E-state index contributed by atoms with van der Waals surface area (Å²) >= 11 is 0. The SMILES string of the molecule is COc1ccc(-c2cc(-c3nc4ccccc4[nH]3)[nH]n2)c(OC)c1. The first-order chi connectivity index (χ1) is 11.8. The number of aromatic nitrogens is 4. The largest absolute Gasteiger partial charge is 0.497 e. The molecule has 0 saturated carbocycles. The smallest absolute Gasteiger partial charge is 0.156 e. The molecule has 0 bridgehead atoms. The van der Waals surface area contributed by atoms with Gasteiger partial charge in [-0.2, -0.15) is 5.10 Å². The Balaban J connectivity index is 1.75. The number of imidazole rings is 1. The number of methoxy groups -OCH3 is 2. The van der Waals surface area contributed by atoms with Gasteiger partial charge < -0.3 is 14.5 Å². The molecule has 0 atom stereocenters. The Morgan fingerprint density at radius 3 is 2.62 bits per heavy atom. The summed E-state index contributed by atoms with van der Waals surface area (Å²) in [5.41, 5.74) is 4.40. The lowest BCUT2D eigenvalue weighted by atomic mass is 10.1. The second-order valence-electron chi connectivity index (χ2n) is 5.34. The zero-order valence-electron chi connectivity index (χ0n) is 13.3. The molecule has 0 saturated heterocycles. The third-order valence-corrected chi connectivity index (χ3v) is 3.91. The molecule has 0 fully saturated rings. The van der Waals surface area contributed by atoms with Crippen LogP contribution >= 0.6 is 0 Å². The van der Waals surface area contributed by atoms with Crippen LogP contribution in [0.5, 0.6) is 11.5 Å². The minimum atomic E-state index is 0.706. The molecule has 4 aromatic rings. The Labute approximate surface area is 138 Å². The molecule has 4 rings (SSSR count). The van der Waals surface area contributed by atoms with Crippen LogP contribution in [0.3, 0.4) is 0 Å². The number of hydrogen-bond donors (Lipinski definition) is 2. The second kappa shape index (κ2) is 5.73. The summed E-state index contributed by atoms with van der Waals surface area (Å²) in [5.74, 6) is 2.20. The molecule has 24 heavy (non-hydrogen) atoms. The fourth-order valence-electron chi connectivity index (χ4n) is 2.67. The van der Waals surface area contributed by atoms with Gasteiger partial charge in [0.05, 0.1) is 30.9 Å². The van der Waals surface area contributed by atoms with Crippen LogP contribution in [0.4, 0.5) is 0 Å². The van der Waals surface area contributed by atoms with Crippen molar-refractivity contribution in [2.75, 3.05) is 14.2 Å². The van der Waals surface area contributed by atoms with Gasteiger partial charge in [-0.1, -0.05) is 12.1 Å². The third kappa shape index (κ3) is 2.38. The summed E-state index contributed by atoms with van der Waals surface area (Å²) in [6.07, 6.45) is 0. The lowest BCUT2D eigenvalue weighted by Crippen LogP contribution is -1.90. The second-order valence-corrected chi connectivity index (χ2v) is 5.34. The summed E-state index contributed by atoms with van der Waals surface area (Å²) in [7, 11) is 3.26. The molecule has 2 aromatic carbocycles. The Bertz CT molecular complexity index is 970. The molecule has 6 nitrogen and oxygen atoms in total. The van der Waals surface area contributed by atoms with Crippen molar-refractivity contribution in [1.29, 1.82) is 0 Å². The zero-order chi connectivity index (χ0) is 16.5. The van der Waals surface area contributed by atoms with E-state index >= 15 is 0 Å². The average Bonchev–Trinajstić information content (AvgIpc) is 3.27. The molecular formula is C18H16N4O2. The van der Waals surface area contributed by atoms with Gasteiger partial charge in [-0.3, -0.25) is 5.10 Å². The Kier molecular flexibility index (Phi) is 3.42. The Hall–Kier alpha value is -3.28. The maximum Gasteiger partial charge on any atom is 0.156 e. The molecule has 0 aliphatic heterocycles. The van der Waals surface area contributed by atoms with Crippen LogP contribution in [0.15, 0.2) is 48.5 Å². The predicted molar refractivity (Wildman–Crippen MR) is 92.2 cm³/mol. The molecular weight excluding hydrogens is 304 g/mol. The third-order valence-electron chi connectivity index (χ3n) is 3.91. The lowest BCUT2D eigenvalue weighted by molar-refractivity contribution is 0.395. The number of nitrogens with one attached hydrogen (secondary N) is 2. The summed E-state index contributed by atoms with van der Waals surface area (Å²) in [6.45, 7) is 0. The molecule has 2 aromatic heterocycles. The van der Waals surface area contributed by atoms with E-state index in [1.165, 1.54) is 0 Å². The van der Waals surface area contributed by atoms with Gasteiger partial charge >= 0.3 is 0 Å². The van der Waals surface area contributed by atoms with Crippen molar-refractivity contribution in [2.45, 2.75) is 0 Å². The molecule has 2 N–H and O–H groups in total. The van der Waals surface area contributed by atoms with E-state index in [0.717, 1.165) is 39.6 Å². The maximum atomic E-state index is 5.45. The lowest BCUT2D eigenvalue weighted by Gasteiger charge is -2.08. The molecule has 0 unspecified atom stereocenters. The van der Waals surface area contributed by atoms with Gasteiger partial charge in [0.15, 0.2) is 5.82 Å². The van der Waals surface area contributed by atoms with Gasteiger partial charge in [-0.15, -0.1) is 0 Å². The summed E-state index contributed by atoms with van der Waals surface area (Å²) in [6, 6.07) is 15.5. The highest BCUT2D eigenvalue weighted by molar-refractivity contribution is 5.79. The number of hydrogen-bond acceptors (Lipinski definition) is 4. The van der Waals surface area contributed by atoms with Crippen LogP contribution in [-0.4, -0.2) is 34.4 Å². The summed E-state index contributed by atoms with van der Waals surface area (Å²) in [4.78, 5) is 7.87. The molecule has 0 radical (unpaired) electrons. The van der Waals surface area contributed by atoms with Crippen LogP contribution < -0.4 is 9.47 Å². The molecule has 0 spiro atoms. The van der Waals surface area contributed by atoms with E-state index in [9.17, 15) is 0 Å². The first kappa shape index (κ1) is 14.3. The van der Waals surface area contributed by atoms with Crippen molar-refractivity contribution >= 4 is 11.0 Å². The van der Waals surface area contributed by atoms with Crippen LogP contribution in [0, 0.1) is 0 Å². The van der Waals surface area contributed by atoms with E-state index in [1.807, 2.05) is 48.5 Å². The van der Waals surface area contributed by atoms with Crippen molar-refractivity contribution in [1.82, 2.24) is 20.2 Å². The Morgan fingerprint density at radius 2 is 1.83 bits per heavy atom. The standard InChI is InChI=1S/C18H16N4O2/c1-23-11-7-8-12(17(9-11)24-2)15-10-16(22-21-15)18-19-13-5-3-4-6-14(13)20-18/h3-10H,1-2H3,(H,19,20)(H,21,22). The monoisotopic (exact) mass is 320 g/mol. The van der Waals surface area contributed by atoms with Crippen molar-refractivity contribution in [3.05, 3.63) is 48.5 Å². The van der Waals surface area contributed by atoms with Gasteiger partial charge in [-0.25, -0.2) is 4.98 Å². The maximum absolute atomic E-state index is 5.45. The van der Waals surface area contributed by atoms with Crippen LogP contribution in [0.2, 0.25) is 0 Å². The predicted octanol–water partition coefficient (Wildman–Crippen LogP) is 3.64. The minimum Gasteiger partial charge on any atom is -0.497 e. The van der Waals surface area contributed by atoms with E-state index in [4.69, 9.17) is 9.47 Å². The van der Waals surface area contributed by atoms with Gasteiger partial charge in [0.1, 0.15) is 17.2 Å². The number of aromatic amines is 2. The normalized spacial score (nSPS) is 10.9. The van der Waals surface area contributed by atoms with Crippen LogP contribution in [-0.2, 0) is 0 Å². The van der Waals surface area contributed by atoms with E-state index in [1.54, 1.807) is 14.2 Å². The number of para-hydroxylation sites is 2. The van der Waals surface area contributed by atoms with E-state index in [2.05, 4.69) is 20.2 Å². The fraction of sp³-hybridized carbons (Fsp3) is 0.111. The van der Waals surface area contributed by atoms with Gasteiger partial charge in [0, 0.05) is 11.6 Å². The van der Waals surface area contributed by atoms with Gasteiger partial charge in [0.25, 0.3) is 0 Å². The minimum absolute atomic E-state index is 0.706. The average molecular weight is 320 g/mol. The van der Waals surface area contributed by atoms with Crippen LogP contribution in [0.25, 0.3) is 33.8 Å². The van der Waals surface area contributed by atoms with Crippen molar-refractivity contribution in [3.63, 3.8) is 0 Å². The molecule has 120 valence electrons. The highest BCUT2D eigenvalue weighted by Gasteiger charge is 2.13. The Morgan fingerprint density at radius 1 is 0.958 bits per heavy atom. The van der Waals surface area contributed by atoms with Gasteiger partial charge in [-0.05, 0) is 30.3 Å². The van der Waals surface area contributed by atoms with E-state index in [-0.39, 0.29) is 0 Å². The number of nitrogens with zero attached hydrogens (tertiary/aromatic N) is 2. The van der Waals surface area contributed by atoms with E-state index in [0.29, 0.717) is 5.75 Å². The number of benzene rings is 2. The number of H-pyrrole nitrogens is 2. The molecule has 6 heteroatoms. The number of ether oxygens (including phenoxy) is 2. The topological polar surface area (TPSA) is 75.8 Å². The molecule has 0 aliphatic carbocycles. The van der Waals surface area contributed by atoms with Crippen molar-refractivity contribution in [3.8, 4) is 34.3 Å². The quantitative estimate of drug-likeness (QED) is 0.602. The van der Waals surface area contributed by atoms with Gasteiger partial charge in [0.2, 0.25) is 0 Å². The van der Waals surface area contributed by atoms with E-state index < -0.39 is 0 Å². The first-order valence-corrected chi connectivity index (χ1v) is 7.51. The number of fused-ring (bicyclic) bond motifs is 1. The molecule has 2 heterocycles. The zero-order valence-corrected chi connectivity index (χ0v) is 13.3. The fourth-order valence-corrected chi connectivity index (χ4v) is 2.67. The van der Waals surface area contributed by atoms with Crippen molar-refractivity contribution < 1.29 is 9.47 Å². The van der Waals surface area contributed by atoms with Crippen LogP contribution in [0.1, 0.15) is 0 Å². The molecule has 0 amide bonds. The highest BCUT2D eigenvalue weighted by atomic mass is 16.5. The summed E-state index contributed by atoms with van der Waals surface area (Å²) in [5, 5.41) is 7.42. The first-order valence-electron chi connectivity index (χ1n) is 7.51. The molecule has 0 aliphatic rings. The summed E-state index contributed by atoms with van der Waals surface area (Å²) < 4.78 is 10.7. The highest BCUT2D eigenvalue weighted by Crippen LogP contribution is 2.33. The number of rotatable bonds is 4.